The Kier molecular flexibility index (Phi) is 2.66. The average molecular weight is 215 g/mol. The van der Waals surface area contributed by atoms with Gasteiger partial charge in [-0.25, -0.2) is 4.98 Å². The van der Waals surface area contributed by atoms with Crippen LogP contribution in [0.15, 0.2) is 30.4 Å². The van der Waals surface area contributed by atoms with Crippen LogP contribution in [0, 0.1) is 11.3 Å². The van der Waals surface area contributed by atoms with E-state index < -0.39 is 0 Å². The number of rotatable bonds is 1. The van der Waals surface area contributed by atoms with Crippen molar-refractivity contribution in [2.24, 2.45) is 0 Å². The SMILES string of the molecule is N#Cc1sc(N)nc1C1=CC=CC=CC1. The summed E-state index contributed by atoms with van der Waals surface area (Å²) in [4.78, 5) is 4.77. The van der Waals surface area contributed by atoms with Crippen LogP contribution in [0.2, 0.25) is 0 Å². The third-order valence-electron chi connectivity index (χ3n) is 2.04. The van der Waals surface area contributed by atoms with Crippen LogP contribution in [-0.4, -0.2) is 4.98 Å². The summed E-state index contributed by atoms with van der Waals surface area (Å²) in [6.07, 6.45) is 10.7. The molecule has 0 bridgehead atoms. The van der Waals surface area contributed by atoms with Gasteiger partial charge in [0.1, 0.15) is 10.9 Å². The van der Waals surface area contributed by atoms with Crippen molar-refractivity contribution in [2.45, 2.75) is 6.42 Å². The van der Waals surface area contributed by atoms with Crippen molar-refractivity contribution in [2.75, 3.05) is 5.73 Å². The largest absolute Gasteiger partial charge is 0.375 e. The minimum absolute atomic E-state index is 0.444. The molecule has 2 N–H and O–H groups in total. The predicted octanol–water partition coefficient (Wildman–Crippen LogP) is 2.50. The molecule has 3 nitrogen and oxygen atoms in total. The fraction of sp³-hybridized carbons (Fsp3) is 0.0909. The van der Waals surface area contributed by atoms with Crippen molar-refractivity contribution >= 4 is 22.0 Å². The maximum absolute atomic E-state index is 8.93. The van der Waals surface area contributed by atoms with Gasteiger partial charge in [0.2, 0.25) is 0 Å². The number of aromatic nitrogens is 1. The number of nitrogens with two attached hydrogens (primary N) is 1. The molecule has 2 rings (SSSR count). The summed E-state index contributed by atoms with van der Waals surface area (Å²) in [7, 11) is 0. The van der Waals surface area contributed by atoms with Gasteiger partial charge in [-0.2, -0.15) is 5.26 Å². The smallest absolute Gasteiger partial charge is 0.181 e. The Bertz CT molecular complexity index is 500. The van der Waals surface area contributed by atoms with Gasteiger partial charge >= 0.3 is 0 Å². The molecule has 1 aromatic heterocycles. The molecule has 0 saturated carbocycles. The number of nitrogens with zero attached hydrogens (tertiary/aromatic N) is 2. The second-order valence-electron chi connectivity index (χ2n) is 3.05. The minimum Gasteiger partial charge on any atom is -0.375 e. The molecule has 1 aromatic rings. The first kappa shape index (κ1) is 9.69. The van der Waals surface area contributed by atoms with E-state index in [0.29, 0.717) is 10.0 Å². The molecule has 0 radical (unpaired) electrons. The Hall–Kier alpha value is -1.86. The molecule has 1 aliphatic carbocycles. The van der Waals surface area contributed by atoms with Gasteiger partial charge in [-0.05, 0) is 12.0 Å². The van der Waals surface area contributed by atoms with Gasteiger partial charge in [0.05, 0.1) is 5.69 Å². The highest BCUT2D eigenvalue weighted by Crippen LogP contribution is 2.28. The van der Waals surface area contributed by atoms with Crippen LogP contribution in [0.3, 0.4) is 0 Å². The van der Waals surface area contributed by atoms with Crippen molar-refractivity contribution < 1.29 is 0 Å². The normalized spacial score (nSPS) is 14.5. The lowest BCUT2D eigenvalue weighted by Gasteiger charge is -1.98. The Morgan fingerprint density at radius 2 is 2.27 bits per heavy atom. The molecule has 0 fully saturated rings. The van der Waals surface area contributed by atoms with Gasteiger partial charge in [-0.3, -0.25) is 0 Å². The Balaban J connectivity index is 2.45. The van der Waals surface area contributed by atoms with Crippen molar-refractivity contribution in [3.63, 3.8) is 0 Å². The van der Waals surface area contributed by atoms with Gasteiger partial charge in [0.15, 0.2) is 5.13 Å². The van der Waals surface area contributed by atoms with Crippen molar-refractivity contribution in [3.05, 3.63) is 41.0 Å². The zero-order chi connectivity index (χ0) is 10.7. The van der Waals surface area contributed by atoms with E-state index in [9.17, 15) is 0 Å². The van der Waals surface area contributed by atoms with Crippen LogP contribution in [-0.2, 0) is 0 Å². The van der Waals surface area contributed by atoms with E-state index in [0.717, 1.165) is 17.7 Å². The summed E-state index contributed by atoms with van der Waals surface area (Å²) in [6.45, 7) is 0. The maximum Gasteiger partial charge on any atom is 0.181 e. The number of nitriles is 1. The highest BCUT2D eigenvalue weighted by atomic mass is 32.1. The molecule has 0 unspecified atom stereocenters. The highest BCUT2D eigenvalue weighted by molar-refractivity contribution is 7.16. The summed E-state index contributed by atoms with van der Waals surface area (Å²) >= 11 is 1.23. The molecule has 0 aliphatic heterocycles. The molecule has 1 heterocycles. The third kappa shape index (κ3) is 1.97. The molecule has 0 saturated heterocycles. The number of hydrogen-bond acceptors (Lipinski definition) is 4. The lowest BCUT2D eigenvalue weighted by atomic mass is 10.1. The fourth-order valence-electron chi connectivity index (χ4n) is 1.38. The summed E-state index contributed by atoms with van der Waals surface area (Å²) in [5, 5.41) is 9.38. The number of hydrogen-bond donors (Lipinski definition) is 1. The van der Waals surface area contributed by atoms with Gasteiger partial charge in [0.25, 0.3) is 0 Å². The minimum atomic E-state index is 0.444. The molecule has 0 aromatic carbocycles. The zero-order valence-electron chi connectivity index (χ0n) is 7.97. The Labute approximate surface area is 91.9 Å². The van der Waals surface area contributed by atoms with Crippen molar-refractivity contribution in [1.29, 1.82) is 5.26 Å². The van der Waals surface area contributed by atoms with Crippen LogP contribution in [0.25, 0.3) is 5.57 Å². The Morgan fingerprint density at radius 1 is 1.40 bits per heavy atom. The van der Waals surface area contributed by atoms with E-state index >= 15 is 0 Å². The molecule has 0 amide bonds. The van der Waals surface area contributed by atoms with Crippen LogP contribution in [0.1, 0.15) is 17.0 Å². The topological polar surface area (TPSA) is 62.7 Å². The van der Waals surface area contributed by atoms with Crippen LogP contribution < -0.4 is 5.73 Å². The third-order valence-corrected chi connectivity index (χ3v) is 2.83. The van der Waals surface area contributed by atoms with Crippen LogP contribution in [0.4, 0.5) is 5.13 Å². The summed E-state index contributed by atoms with van der Waals surface area (Å²) < 4.78 is 0. The molecule has 74 valence electrons. The first-order valence-corrected chi connectivity index (χ1v) is 5.32. The predicted molar refractivity (Wildman–Crippen MR) is 62.1 cm³/mol. The number of anilines is 1. The van der Waals surface area contributed by atoms with Crippen molar-refractivity contribution in [3.8, 4) is 6.07 Å². The second-order valence-corrected chi connectivity index (χ2v) is 4.08. The highest BCUT2D eigenvalue weighted by Gasteiger charge is 2.12. The van der Waals surface area contributed by atoms with E-state index in [2.05, 4.69) is 11.1 Å². The van der Waals surface area contributed by atoms with E-state index in [1.54, 1.807) is 0 Å². The molecule has 1 aliphatic rings. The lowest BCUT2D eigenvalue weighted by Crippen LogP contribution is -1.88. The molecule has 0 atom stereocenters. The summed E-state index contributed by atoms with van der Waals surface area (Å²) in [5.41, 5.74) is 7.34. The summed E-state index contributed by atoms with van der Waals surface area (Å²) in [6, 6.07) is 2.12. The Morgan fingerprint density at radius 3 is 3.07 bits per heavy atom. The van der Waals surface area contributed by atoms with Gasteiger partial charge < -0.3 is 5.73 Å². The molecule has 4 heteroatoms. The number of thiazole rings is 1. The van der Waals surface area contributed by atoms with E-state index in [-0.39, 0.29) is 0 Å². The summed E-state index contributed by atoms with van der Waals surface area (Å²) in [5.74, 6) is 0. The number of allylic oxidation sites excluding steroid dienone is 6. The number of nitrogen functional groups attached to an aromatic ring is 1. The quantitative estimate of drug-likeness (QED) is 0.782. The second kappa shape index (κ2) is 4.11. The lowest BCUT2D eigenvalue weighted by molar-refractivity contribution is 1.28. The molecule has 0 spiro atoms. The first-order valence-electron chi connectivity index (χ1n) is 4.50. The fourth-order valence-corrected chi connectivity index (χ4v) is 2.05. The van der Waals surface area contributed by atoms with Crippen molar-refractivity contribution in [1.82, 2.24) is 4.98 Å². The van der Waals surface area contributed by atoms with Gasteiger partial charge in [0, 0.05) is 0 Å². The molecular formula is C11H9N3S. The average Bonchev–Trinajstić information content (AvgIpc) is 2.47. The van der Waals surface area contributed by atoms with E-state index in [4.69, 9.17) is 11.0 Å². The van der Waals surface area contributed by atoms with Gasteiger partial charge in [-0.1, -0.05) is 41.7 Å². The van der Waals surface area contributed by atoms with Crippen LogP contribution >= 0.6 is 11.3 Å². The monoisotopic (exact) mass is 215 g/mol. The standard InChI is InChI=1S/C11H9N3S/c12-7-9-10(14-11(13)15-9)8-5-3-1-2-4-6-8/h1-5H,6H2,(H2,13,14). The van der Waals surface area contributed by atoms with Gasteiger partial charge in [-0.15, -0.1) is 0 Å². The zero-order valence-corrected chi connectivity index (χ0v) is 8.79. The van der Waals surface area contributed by atoms with E-state index in [1.807, 2.05) is 30.4 Å². The molecule has 15 heavy (non-hydrogen) atoms. The molecular weight excluding hydrogens is 206 g/mol. The van der Waals surface area contributed by atoms with E-state index in [1.165, 1.54) is 11.3 Å². The van der Waals surface area contributed by atoms with Crippen LogP contribution in [0.5, 0.6) is 0 Å². The first-order chi connectivity index (χ1) is 7.31. The maximum atomic E-state index is 8.93.